The zero-order valence-electron chi connectivity index (χ0n) is 11.4. The normalized spacial score (nSPS) is 21.8. The van der Waals surface area contributed by atoms with Crippen LogP contribution >= 0.6 is 0 Å². The third-order valence-corrected chi connectivity index (χ3v) is 7.28. The summed E-state index contributed by atoms with van der Waals surface area (Å²) >= 11 is 0. The SMILES string of the molecule is Cc1[nH]nc(C(=O)O)c1S(=O)(=O)N(C)C1CCS(=O)(=O)C1. The molecule has 1 aliphatic heterocycles. The van der Waals surface area contributed by atoms with Gasteiger partial charge in [-0.25, -0.2) is 21.6 Å². The van der Waals surface area contributed by atoms with Crippen molar-refractivity contribution in [2.24, 2.45) is 0 Å². The van der Waals surface area contributed by atoms with Gasteiger partial charge in [0.05, 0.1) is 17.2 Å². The maximum Gasteiger partial charge on any atom is 0.357 e. The van der Waals surface area contributed by atoms with Crippen molar-refractivity contribution in [1.29, 1.82) is 0 Å². The Balaban J connectivity index is 2.44. The molecule has 11 heteroatoms. The molecule has 0 saturated carbocycles. The van der Waals surface area contributed by atoms with Crippen LogP contribution in [0.2, 0.25) is 0 Å². The number of aromatic nitrogens is 2. The first-order valence-corrected chi connectivity index (χ1v) is 9.29. The van der Waals surface area contributed by atoms with Gasteiger partial charge in [-0.1, -0.05) is 0 Å². The molecule has 2 heterocycles. The van der Waals surface area contributed by atoms with Crippen LogP contribution in [-0.4, -0.2) is 67.0 Å². The van der Waals surface area contributed by atoms with Crippen molar-refractivity contribution in [1.82, 2.24) is 14.5 Å². The molecule has 21 heavy (non-hydrogen) atoms. The molecule has 1 atom stereocenters. The molecule has 9 nitrogen and oxygen atoms in total. The monoisotopic (exact) mass is 337 g/mol. The number of sulfone groups is 1. The van der Waals surface area contributed by atoms with Gasteiger partial charge in [0.15, 0.2) is 15.5 Å². The van der Waals surface area contributed by atoms with E-state index in [4.69, 9.17) is 5.11 Å². The van der Waals surface area contributed by atoms with Gasteiger partial charge in [-0.2, -0.15) is 9.40 Å². The average Bonchev–Trinajstić information content (AvgIpc) is 2.91. The first kappa shape index (κ1) is 15.9. The van der Waals surface area contributed by atoms with E-state index in [-0.39, 0.29) is 23.6 Å². The van der Waals surface area contributed by atoms with E-state index in [2.05, 4.69) is 10.2 Å². The largest absolute Gasteiger partial charge is 0.476 e. The minimum atomic E-state index is -4.14. The second-order valence-electron chi connectivity index (χ2n) is 4.91. The molecule has 0 bridgehead atoms. The van der Waals surface area contributed by atoms with Crippen LogP contribution < -0.4 is 0 Å². The highest BCUT2D eigenvalue weighted by Gasteiger charge is 2.39. The fourth-order valence-electron chi connectivity index (χ4n) is 2.28. The van der Waals surface area contributed by atoms with E-state index in [1.165, 1.54) is 14.0 Å². The Morgan fingerprint density at radius 1 is 1.48 bits per heavy atom. The van der Waals surface area contributed by atoms with Crippen LogP contribution in [0.1, 0.15) is 22.6 Å². The van der Waals surface area contributed by atoms with Crippen LogP contribution in [0.4, 0.5) is 0 Å². The van der Waals surface area contributed by atoms with Crippen molar-refractivity contribution >= 4 is 25.8 Å². The van der Waals surface area contributed by atoms with Gasteiger partial charge in [0.1, 0.15) is 4.90 Å². The minimum Gasteiger partial charge on any atom is -0.476 e. The molecule has 0 spiro atoms. The molecule has 118 valence electrons. The van der Waals surface area contributed by atoms with Gasteiger partial charge in [-0.15, -0.1) is 0 Å². The number of aryl methyl sites for hydroxylation is 1. The number of hydrogen-bond donors (Lipinski definition) is 2. The van der Waals surface area contributed by atoms with Crippen molar-refractivity contribution in [2.75, 3.05) is 18.6 Å². The summed E-state index contributed by atoms with van der Waals surface area (Å²) in [5.74, 6) is -1.80. The van der Waals surface area contributed by atoms with Gasteiger partial charge < -0.3 is 5.11 Å². The second-order valence-corrected chi connectivity index (χ2v) is 9.07. The molecule has 2 rings (SSSR count). The third kappa shape index (κ3) is 2.80. The first-order chi connectivity index (χ1) is 9.56. The number of nitrogens with one attached hydrogen (secondary N) is 1. The quantitative estimate of drug-likeness (QED) is 0.735. The Hall–Kier alpha value is -1.46. The Morgan fingerprint density at radius 2 is 2.10 bits per heavy atom. The molecule has 2 N–H and O–H groups in total. The molecule has 1 unspecified atom stereocenters. The number of aromatic carboxylic acids is 1. The van der Waals surface area contributed by atoms with Crippen LogP contribution in [0.3, 0.4) is 0 Å². The van der Waals surface area contributed by atoms with E-state index in [1.54, 1.807) is 0 Å². The Kier molecular flexibility index (Phi) is 3.84. The lowest BCUT2D eigenvalue weighted by molar-refractivity contribution is 0.0686. The summed E-state index contributed by atoms with van der Waals surface area (Å²) in [6.07, 6.45) is 0.192. The van der Waals surface area contributed by atoms with Gasteiger partial charge in [0, 0.05) is 13.1 Å². The number of nitrogens with zero attached hydrogens (tertiary/aromatic N) is 2. The van der Waals surface area contributed by atoms with E-state index in [9.17, 15) is 21.6 Å². The van der Waals surface area contributed by atoms with Crippen molar-refractivity contribution in [3.8, 4) is 0 Å². The first-order valence-electron chi connectivity index (χ1n) is 6.03. The van der Waals surface area contributed by atoms with Gasteiger partial charge in [-0.05, 0) is 13.3 Å². The number of carboxylic acid groups (broad SMARTS) is 1. The third-order valence-electron chi connectivity index (χ3n) is 3.45. The number of sulfonamides is 1. The Labute approximate surface area is 121 Å². The number of carboxylic acids is 1. The molecule has 0 aromatic carbocycles. The van der Waals surface area contributed by atoms with Crippen molar-refractivity contribution in [2.45, 2.75) is 24.3 Å². The number of carbonyl (C=O) groups is 1. The Morgan fingerprint density at radius 3 is 2.57 bits per heavy atom. The van der Waals surface area contributed by atoms with E-state index in [0.29, 0.717) is 0 Å². The summed E-state index contributed by atoms with van der Waals surface area (Å²) in [4.78, 5) is 10.6. The Bertz CT molecular complexity index is 780. The van der Waals surface area contributed by atoms with E-state index < -0.39 is 42.5 Å². The maximum atomic E-state index is 12.5. The highest BCUT2D eigenvalue weighted by atomic mass is 32.2. The lowest BCUT2D eigenvalue weighted by Crippen LogP contribution is -2.38. The van der Waals surface area contributed by atoms with E-state index in [0.717, 1.165) is 4.31 Å². The number of hydrogen-bond acceptors (Lipinski definition) is 6. The topological polar surface area (TPSA) is 138 Å². The molecule has 0 radical (unpaired) electrons. The number of H-pyrrole nitrogens is 1. The smallest absolute Gasteiger partial charge is 0.357 e. The number of aromatic amines is 1. The highest BCUT2D eigenvalue weighted by molar-refractivity contribution is 7.92. The lowest BCUT2D eigenvalue weighted by atomic mass is 10.3. The average molecular weight is 337 g/mol. The summed E-state index contributed by atoms with van der Waals surface area (Å²) in [5.41, 5.74) is -0.500. The lowest BCUT2D eigenvalue weighted by Gasteiger charge is -2.22. The minimum absolute atomic E-state index is 0.0757. The van der Waals surface area contributed by atoms with Crippen molar-refractivity contribution in [3.63, 3.8) is 0 Å². The second kappa shape index (κ2) is 5.07. The molecule has 1 aromatic rings. The van der Waals surface area contributed by atoms with Crippen LogP contribution in [-0.2, 0) is 19.9 Å². The summed E-state index contributed by atoms with van der Waals surface area (Å²) in [5, 5.41) is 14.8. The molecule has 1 fully saturated rings. The highest BCUT2D eigenvalue weighted by Crippen LogP contribution is 2.26. The summed E-state index contributed by atoms with van der Waals surface area (Å²) in [7, 11) is -6.14. The molecule has 1 aliphatic rings. The van der Waals surface area contributed by atoms with Crippen LogP contribution in [0.15, 0.2) is 4.90 Å². The van der Waals surface area contributed by atoms with E-state index in [1.807, 2.05) is 0 Å². The fourth-order valence-corrected chi connectivity index (χ4v) is 5.82. The summed E-state index contributed by atoms with van der Waals surface area (Å²) in [6.45, 7) is 1.39. The predicted octanol–water partition coefficient (Wildman–Crippen LogP) is -0.776. The molecule has 0 aliphatic carbocycles. The van der Waals surface area contributed by atoms with Gasteiger partial charge >= 0.3 is 5.97 Å². The zero-order valence-corrected chi connectivity index (χ0v) is 13.0. The zero-order chi connectivity index (χ0) is 16.0. The molecular formula is C10H15N3O6S2. The standard InChI is InChI=1S/C10H15N3O6S2/c1-6-9(8(10(14)15)12-11-6)21(18,19)13(2)7-3-4-20(16,17)5-7/h7H,3-5H2,1-2H3,(H,11,12)(H,14,15). The van der Waals surface area contributed by atoms with Crippen molar-refractivity contribution < 1.29 is 26.7 Å². The number of rotatable bonds is 4. The molecule has 0 amide bonds. The van der Waals surface area contributed by atoms with Crippen LogP contribution in [0, 0.1) is 6.92 Å². The van der Waals surface area contributed by atoms with Gasteiger partial charge in [0.2, 0.25) is 10.0 Å². The van der Waals surface area contributed by atoms with Gasteiger partial charge in [-0.3, -0.25) is 5.10 Å². The molecular weight excluding hydrogens is 322 g/mol. The summed E-state index contributed by atoms with van der Waals surface area (Å²) < 4.78 is 48.9. The maximum absolute atomic E-state index is 12.5. The predicted molar refractivity (Wildman–Crippen MR) is 72.3 cm³/mol. The molecule has 1 saturated heterocycles. The van der Waals surface area contributed by atoms with Crippen LogP contribution in [0.25, 0.3) is 0 Å². The summed E-state index contributed by atoms with van der Waals surface area (Å²) in [6, 6.07) is -0.698. The van der Waals surface area contributed by atoms with Crippen molar-refractivity contribution in [3.05, 3.63) is 11.4 Å². The van der Waals surface area contributed by atoms with Crippen LogP contribution in [0.5, 0.6) is 0 Å². The van der Waals surface area contributed by atoms with Gasteiger partial charge in [0.25, 0.3) is 0 Å². The fraction of sp³-hybridized carbons (Fsp3) is 0.600. The molecule has 1 aromatic heterocycles. The van der Waals surface area contributed by atoms with E-state index >= 15 is 0 Å².